The van der Waals surface area contributed by atoms with E-state index in [9.17, 15) is 4.79 Å². The van der Waals surface area contributed by atoms with Gasteiger partial charge in [0.05, 0.1) is 4.88 Å². The third kappa shape index (κ3) is 3.83. The molecule has 2 aliphatic heterocycles. The molecular weight excluding hydrogens is 364 g/mol. The van der Waals surface area contributed by atoms with E-state index in [1.807, 2.05) is 11.9 Å². The molecule has 2 bridgehead atoms. The Morgan fingerprint density at radius 3 is 2.46 bits per heavy atom. The Labute approximate surface area is 168 Å². The van der Waals surface area contributed by atoms with Crippen molar-refractivity contribution in [2.45, 2.75) is 83.8 Å². The first-order valence-corrected chi connectivity index (χ1v) is 10.8. The maximum atomic E-state index is 13.1. The van der Waals surface area contributed by atoms with Crippen molar-refractivity contribution in [3.05, 3.63) is 21.4 Å². The SMILES string of the molecule is CN(C(=O)c1cc2c(s1)CCC(C(C)(C)C)C2)C1CC2CCC(C1)N2.Cl. The zero-order valence-corrected chi connectivity index (χ0v) is 18.1. The van der Waals surface area contributed by atoms with E-state index >= 15 is 0 Å². The zero-order valence-electron chi connectivity index (χ0n) is 16.5. The molecule has 3 aliphatic rings. The molecule has 1 amide bonds. The number of thiophene rings is 1. The number of fused-ring (bicyclic) bond motifs is 3. The molecule has 1 aliphatic carbocycles. The van der Waals surface area contributed by atoms with Crippen molar-refractivity contribution in [1.29, 1.82) is 0 Å². The normalized spacial score (nSPS) is 30.5. The molecule has 2 saturated heterocycles. The van der Waals surface area contributed by atoms with Crippen LogP contribution in [0.25, 0.3) is 0 Å². The molecule has 4 rings (SSSR count). The minimum atomic E-state index is 0. The van der Waals surface area contributed by atoms with Crippen molar-refractivity contribution in [3.8, 4) is 0 Å². The van der Waals surface area contributed by atoms with Gasteiger partial charge in [-0.15, -0.1) is 23.7 Å². The summed E-state index contributed by atoms with van der Waals surface area (Å²) in [7, 11) is 2.02. The number of amides is 1. The molecule has 0 saturated carbocycles. The van der Waals surface area contributed by atoms with E-state index in [0.29, 0.717) is 23.5 Å². The number of nitrogens with one attached hydrogen (secondary N) is 1. The Balaban J connectivity index is 0.00000196. The molecular formula is C21H33ClN2OS. The second-order valence-electron chi connectivity index (χ2n) is 9.54. The molecule has 146 valence electrons. The van der Waals surface area contributed by atoms with Crippen LogP contribution in [-0.4, -0.2) is 36.0 Å². The molecule has 1 aromatic heterocycles. The molecule has 2 fully saturated rings. The Kier molecular flexibility index (Phi) is 5.77. The van der Waals surface area contributed by atoms with Gasteiger partial charge in [0.25, 0.3) is 5.91 Å². The Hall–Kier alpha value is -0.580. The minimum absolute atomic E-state index is 0. The summed E-state index contributed by atoms with van der Waals surface area (Å²) in [6.45, 7) is 7.04. The largest absolute Gasteiger partial charge is 0.338 e. The fourth-order valence-corrected chi connectivity index (χ4v) is 6.24. The number of carbonyl (C=O) groups excluding carboxylic acids is 1. The van der Waals surface area contributed by atoms with Gasteiger partial charge in [-0.1, -0.05) is 20.8 Å². The average molecular weight is 397 g/mol. The highest BCUT2D eigenvalue weighted by Gasteiger charge is 2.37. The van der Waals surface area contributed by atoms with Crippen molar-refractivity contribution in [3.63, 3.8) is 0 Å². The van der Waals surface area contributed by atoms with Crippen LogP contribution in [0.15, 0.2) is 6.07 Å². The molecule has 0 radical (unpaired) electrons. The van der Waals surface area contributed by atoms with Crippen molar-refractivity contribution >= 4 is 29.7 Å². The lowest BCUT2D eigenvalue weighted by Crippen LogP contribution is -2.48. The fourth-order valence-electron chi connectivity index (χ4n) is 5.05. The second kappa shape index (κ2) is 7.44. The number of aryl methyl sites for hydroxylation is 1. The first kappa shape index (κ1) is 20.2. The highest BCUT2D eigenvalue weighted by molar-refractivity contribution is 7.14. The van der Waals surface area contributed by atoms with Crippen LogP contribution in [0.4, 0.5) is 0 Å². The van der Waals surface area contributed by atoms with Gasteiger partial charge >= 0.3 is 0 Å². The van der Waals surface area contributed by atoms with Crippen molar-refractivity contribution in [2.75, 3.05) is 7.05 Å². The molecule has 0 aromatic carbocycles. The number of piperidine rings is 1. The summed E-state index contributed by atoms with van der Waals surface area (Å²) in [4.78, 5) is 17.6. The van der Waals surface area contributed by atoms with E-state index in [1.165, 1.54) is 29.7 Å². The molecule has 3 heterocycles. The maximum Gasteiger partial charge on any atom is 0.263 e. The van der Waals surface area contributed by atoms with Gasteiger partial charge in [0.2, 0.25) is 0 Å². The van der Waals surface area contributed by atoms with Gasteiger partial charge in [-0.2, -0.15) is 0 Å². The van der Waals surface area contributed by atoms with E-state index in [-0.39, 0.29) is 18.3 Å². The number of halogens is 1. The summed E-state index contributed by atoms with van der Waals surface area (Å²) in [5.74, 6) is 0.980. The fraction of sp³-hybridized carbons (Fsp3) is 0.762. The molecule has 0 spiro atoms. The first-order valence-electron chi connectivity index (χ1n) is 9.96. The van der Waals surface area contributed by atoms with Crippen LogP contribution in [0.2, 0.25) is 0 Å². The Bertz CT molecular complexity index is 653. The highest BCUT2D eigenvalue weighted by Crippen LogP contribution is 2.40. The monoisotopic (exact) mass is 396 g/mol. The average Bonchev–Trinajstić information content (AvgIpc) is 3.14. The van der Waals surface area contributed by atoms with E-state index in [1.54, 1.807) is 11.3 Å². The number of rotatable bonds is 2. The summed E-state index contributed by atoms with van der Waals surface area (Å²) < 4.78 is 0. The molecule has 3 nitrogen and oxygen atoms in total. The third-order valence-corrected chi connectivity index (χ3v) is 8.06. The van der Waals surface area contributed by atoms with Crippen LogP contribution in [-0.2, 0) is 12.8 Å². The number of hydrogen-bond acceptors (Lipinski definition) is 3. The quantitative estimate of drug-likeness (QED) is 0.787. The molecule has 3 atom stereocenters. The van der Waals surface area contributed by atoms with Gasteiger partial charge in [-0.3, -0.25) is 4.79 Å². The summed E-state index contributed by atoms with van der Waals surface area (Å²) >= 11 is 1.76. The highest BCUT2D eigenvalue weighted by atomic mass is 35.5. The van der Waals surface area contributed by atoms with Crippen LogP contribution in [0.1, 0.15) is 73.0 Å². The lowest BCUT2D eigenvalue weighted by atomic mass is 9.72. The number of carbonyl (C=O) groups is 1. The number of hydrogen-bond donors (Lipinski definition) is 1. The van der Waals surface area contributed by atoms with Crippen LogP contribution in [0, 0.1) is 11.3 Å². The van der Waals surface area contributed by atoms with Crippen LogP contribution in [0.5, 0.6) is 0 Å². The van der Waals surface area contributed by atoms with Gasteiger partial charge in [0.1, 0.15) is 0 Å². The minimum Gasteiger partial charge on any atom is -0.338 e. The van der Waals surface area contributed by atoms with E-state index < -0.39 is 0 Å². The molecule has 26 heavy (non-hydrogen) atoms. The topological polar surface area (TPSA) is 32.3 Å². The second-order valence-corrected chi connectivity index (χ2v) is 10.7. The molecule has 1 N–H and O–H groups in total. The van der Waals surface area contributed by atoms with Gasteiger partial charge in [-0.25, -0.2) is 0 Å². The van der Waals surface area contributed by atoms with Crippen LogP contribution in [0.3, 0.4) is 0 Å². The Morgan fingerprint density at radius 2 is 1.85 bits per heavy atom. The van der Waals surface area contributed by atoms with E-state index in [2.05, 4.69) is 32.2 Å². The lowest BCUT2D eigenvalue weighted by molar-refractivity contribution is 0.0686. The lowest BCUT2D eigenvalue weighted by Gasteiger charge is -2.35. The smallest absolute Gasteiger partial charge is 0.263 e. The predicted molar refractivity (Wildman–Crippen MR) is 112 cm³/mol. The van der Waals surface area contributed by atoms with Crippen molar-refractivity contribution in [2.24, 2.45) is 11.3 Å². The van der Waals surface area contributed by atoms with Crippen LogP contribution < -0.4 is 5.32 Å². The van der Waals surface area contributed by atoms with Gasteiger partial charge in [-0.05, 0) is 67.9 Å². The summed E-state index contributed by atoms with van der Waals surface area (Å²) in [6, 6.07) is 3.88. The maximum absolute atomic E-state index is 13.1. The van der Waals surface area contributed by atoms with Gasteiger partial charge in [0, 0.05) is 30.1 Å². The summed E-state index contributed by atoms with van der Waals surface area (Å²) in [6.07, 6.45) is 8.36. The van der Waals surface area contributed by atoms with Crippen molar-refractivity contribution in [1.82, 2.24) is 10.2 Å². The Morgan fingerprint density at radius 1 is 1.19 bits per heavy atom. The van der Waals surface area contributed by atoms with Crippen LogP contribution >= 0.6 is 23.7 Å². The van der Waals surface area contributed by atoms with Gasteiger partial charge in [0.15, 0.2) is 0 Å². The standard InChI is InChI=1S/C21H32N2OS.ClH/c1-21(2,3)14-5-8-18-13(9-14)10-19(25-18)20(24)23(4)17-11-15-6-7-16(12-17)22-15;/h10,14-17,22H,5-9,11-12H2,1-4H3;1H. The number of nitrogens with zero attached hydrogens (tertiary/aromatic N) is 1. The molecule has 3 unspecified atom stereocenters. The molecule has 1 aromatic rings. The van der Waals surface area contributed by atoms with Gasteiger partial charge < -0.3 is 10.2 Å². The predicted octanol–water partition coefficient (Wildman–Crippen LogP) is 4.68. The molecule has 5 heteroatoms. The van der Waals surface area contributed by atoms with Crippen molar-refractivity contribution < 1.29 is 4.79 Å². The summed E-state index contributed by atoms with van der Waals surface area (Å²) in [5.41, 5.74) is 1.80. The third-order valence-electron chi connectivity index (χ3n) is 6.83. The summed E-state index contributed by atoms with van der Waals surface area (Å²) in [5, 5.41) is 3.68. The van der Waals surface area contributed by atoms with E-state index in [4.69, 9.17) is 0 Å². The zero-order chi connectivity index (χ0) is 17.8. The first-order chi connectivity index (χ1) is 11.8. The van der Waals surface area contributed by atoms with E-state index in [0.717, 1.165) is 36.5 Å².